The Morgan fingerprint density at radius 2 is 1.93 bits per heavy atom. The Balaban J connectivity index is 2.18. The minimum Gasteiger partial charge on any atom is -0.508 e. The first kappa shape index (κ1) is 11.1. The molecule has 0 heterocycles. The minimum atomic E-state index is 0.301. The van der Waals surface area contributed by atoms with E-state index in [1.54, 1.807) is 23.9 Å². The van der Waals surface area contributed by atoms with Crippen LogP contribution in [-0.2, 0) is 4.79 Å². The molecule has 1 aromatic rings. The Kier molecular flexibility index (Phi) is 5.15. The molecule has 0 unspecified atom stereocenters. The van der Waals surface area contributed by atoms with E-state index in [1.807, 2.05) is 12.1 Å². The molecule has 0 aliphatic rings. The van der Waals surface area contributed by atoms with Crippen LogP contribution in [0.25, 0.3) is 0 Å². The molecule has 0 aromatic heterocycles. The van der Waals surface area contributed by atoms with E-state index in [-0.39, 0.29) is 0 Å². The third-order valence-corrected chi connectivity index (χ3v) is 2.92. The number of phenolic OH excluding ortho intramolecular Hbond substituents is 1. The van der Waals surface area contributed by atoms with Crippen LogP contribution in [0.2, 0.25) is 0 Å². The number of phenols is 1. The Labute approximate surface area is 88.3 Å². The van der Waals surface area contributed by atoms with Gasteiger partial charge in [0.25, 0.3) is 0 Å². The van der Waals surface area contributed by atoms with Gasteiger partial charge < -0.3 is 9.90 Å². The molecule has 0 amide bonds. The van der Waals surface area contributed by atoms with Gasteiger partial charge >= 0.3 is 0 Å². The van der Waals surface area contributed by atoms with Crippen molar-refractivity contribution in [2.24, 2.45) is 0 Å². The summed E-state index contributed by atoms with van der Waals surface area (Å²) in [7, 11) is 0. The van der Waals surface area contributed by atoms with Gasteiger partial charge in [-0.3, -0.25) is 0 Å². The van der Waals surface area contributed by atoms with Crippen LogP contribution in [0.1, 0.15) is 19.3 Å². The summed E-state index contributed by atoms with van der Waals surface area (Å²) < 4.78 is 0. The largest absolute Gasteiger partial charge is 0.508 e. The molecule has 2 nitrogen and oxygen atoms in total. The van der Waals surface area contributed by atoms with Gasteiger partial charge in [-0.1, -0.05) is 0 Å². The number of thioether (sulfide) groups is 1. The van der Waals surface area contributed by atoms with Crippen molar-refractivity contribution in [1.82, 2.24) is 0 Å². The summed E-state index contributed by atoms with van der Waals surface area (Å²) in [5.41, 5.74) is 0. The summed E-state index contributed by atoms with van der Waals surface area (Å²) in [6, 6.07) is 7.18. The second-order valence-corrected chi connectivity index (χ2v) is 4.17. The van der Waals surface area contributed by atoms with Crippen molar-refractivity contribution in [1.29, 1.82) is 0 Å². The van der Waals surface area contributed by atoms with Gasteiger partial charge in [0.2, 0.25) is 0 Å². The average Bonchev–Trinajstić information content (AvgIpc) is 2.21. The maximum Gasteiger partial charge on any atom is 0.119 e. The number of unbranched alkanes of at least 4 members (excludes halogenated alkanes) is 2. The molecule has 3 heteroatoms. The third kappa shape index (κ3) is 4.33. The lowest BCUT2D eigenvalue weighted by atomic mass is 10.3. The van der Waals surface area contributed by atoms with E-state index in [0.29, 0.717) is 12.2 Å². The molecule has 0 atom stereocenters. The van der Waals surface area contributed by atoms with Crippen molar-refractivity contribution in [2.75, 3.05) is 5.75 Å². The van der Waals surface area contributed by atoms with Gasteiger partial charge in [0.15, 0.2) is 0 Å². The fraction of sp³-hybridized carbons (Fsp3) is 0.364. The van der Waals surface area contributed by atoms with E-state index in [1.165, 1.54) is 0 Å². The van der Waals surface area contributed by atoms with Gasteiger partial charge in [-0.05, 0) is 42.9 Å². The number of aldehydes is 1. The zero-order valence-corrected chi connectivity index (χ0v) is 8.80. The molecular formula is C11H14O2S. The molecule has 0 spiro atoms. The summed E-state index contributed by atoms with van der Waals surface area (Å²) in [5, 5.41) is 9.05. The standard InChI is InChI=1S/C11H14O2S/c12-8-2-1-3-9-14-11-6-4-10(13)5-7-11/h4-8,13H,1-3,9H2. The summed E-state index contributed by atoms with van der Waals surface area (Å²) >= 11 is 1.75. The van der Waals surface area contributed by atoms with Crippen LogP contribution in [0.15, 0.2) is 29.2 Å². The van der Waals surface area contributed by atoms with Crippen LogP contribution >= 0.6 is 11.8 Å². The number of carbonyl (C=O) groups excluding carboxylic acids is 1. The minimum absolute atomic E-state index is 0.301. The van der Waals surface area contributed by atoms with Crippen molar-refractivity contribution < 1.29 is 9.90 Å². The molecular weight excluding hydrogens is 196 g/mol. The highest BCUT2D eigenvalue weighted by Crippen LogP contribution is 2.21. The van der Waals surface area contributed by atoms with Gasteiger partial charge in [0.1, 0.15) is 12.0 Å². The molecule has 0 fully saturated rings. The van der Waals surface area contributed by atoms with Gasteiger partial charge in [-0.25, -0.2) is 0 Å². The van der Waals surface area contributed by atoms with Crippen molar-refractivity contribution in [3.8, 4) is 5.75 Å². The molecule has 0 radical (unpaired) electrons. The lowest BCUT2D eigenvalue weighted by molar-refractivity contribution is -0.107. The summed E-state index contributed by atoms with van der Waals surface area (Å²) in [4.78, 5) is 11.2. The normalized spacial score (nSPS) is 10.0. The molecule has 0 aliphatic carbocycles. The van der Waals surface area contributed by atoms with Crippen LogP contribution in [-0.4, -0.2) is 17.1 Å². The van der Waals surface area contributed by atoms with Gasteiger partial charge in [0, 0.05) is 11.3 Å². The zero-order chi connectivity index (χ0) is 10.2. The first-order chi connectivity index (χ1) is 6.83. The van der Waals surface area contributed by atoms with Crippen LogP contribution in [0.5, 0.6) is 5.75 Å². The highest BCUT2D eigenvalue weighted by molar-refractivity contribution is 7.99. The number of benzene rings is 1. The monoisotopic (exact) mass is 210 g/mol. The van der Waals surface area contributed by atoms with Crippen molar-refractivity contribution in [2.45, 2.75) is 24.2 Å². The zero-order valence-electron chi connectivity index (χ0n) is 7.98. The first-order valence-corrected chi connectivity index (χ1v) is 5.67. The lowest BCUT2D eigenvalue weighted by Gasteiger charge is -2.00. The Hall–Kier alpha value is -0.960. The van der Waals surface area contributed by atoms with Crippen molar-refractivity contribution >= 4 is 18.0 Å². The highest BCUT2D eigenvalue weighted by atomic mass is 32.2. The molecule has 76 valence electrons. The van der Waals surface area contributed by atoms with Crippen molar-refractivity contribution in [3.63, 3.8) is 0 Å². The van der Waals surface area contributed by atoms with Crippen LogP contribution in [0.4, 0.5) is 0 Å². The van der Waals surface area contributed by atoms with Crippen LogP contribution in [0.3, 0.4) is 0 Å². The summed E-state index contributed by atoms with van der Waals surface area (Å²) in [6.45, 7) is 0. The SMILES string of the molecule is O=CCCCCSc1ccc(O)cc1. The van der Waals surface area contributed by atoms with Gasteiger partial charge in [-0.15, -0.1) is 11.8 Å². The highest BCUT2D eigenvalue weighted by Gasteiger charge is 1.94. The number of hydrogen-bond donors (Lipinski definition) is 1. The molecule has 0 aliphatic heterocycles. The molecule has 1 aromatic carbocycles. The first-order valence-electron chi connectivity index (χ1n) is 4.68. The Morgan fingerprint density at radius 1 is 1.21 bits per heavy atom. The van der Waals surface area contributed by atoms with E-state index < -0.39 is 0 Å². The summed E-state index contributed by atoms with van der Waals surface area (Å²) in [6.07, 6.45) is 3.65. The van der Waals surface area contributed by atoms with Gasteiger partial charge in [-0.2, -0.15) is 0 Å². The van der Waals surface area contributed by atoms with E-state index >= 15 is 0 Å². The average molecular weight is 210 g/mol. The second-order valence-electron chi connectivity index (χ2n) is 3.00. The maximum atomic E-state index is 10.0. The molecule has 1 N–H and O–H groups in total. The lowest BCUT2D eigenvalue weighted by Crippen LogP contribution is -1.82. The Morgan fingerprint density at radius 3 is 2.57 bits per heavy atom. The molecule has 0 saturated carbocycles. The maximum absolute atomic E-state index is 10.0. The molecule has 0 bridgehead atoms. The van der Waals surface area contributed by atoms with Gasteiger partial charge in [0.05, 0.1) is 0 Å². The smallest absolute Gasteiger partial charge is 0.119 e. The van der Waals surface area contributed by atoms with E-state index in [0.717, 1.165) is 29.8 Å². The predicted molar refractivity (Wildman–Crippen MR) is 58.7 cm³/mol. The molecule has 14 heavy (non-hydrogen) atoms. The van der Waals surface area contributed by atoms with E-state index in [4.69, 9.17) is 5.11 Å². The quantitative estimate of drug-likeness (QED) is 0.445. The van der Waals surface area contributed by atoms with Crippen molar-refractivity contribution in [3.05, 3.63) is 24.3 Å². The molecule has 0 saturated heterocycles. The third-order valence-electron chi connectivity index (χ3n) is 1.82. The van der Waals surface area contributed by atoms with E-state index in [2.05, 4.69) is 0 Å². The number of carbonyl (C=O) groups is 1. The predicted octanol–water partition coefficient (Wildman–Crippen LogP) is 2.85. The molecule has 1 rings (SSSR count). The number of aromatic hydroxyl groups is 1. The topological polar surface area (TPSA) is 37.3 Å². The fourth-order valence-corrected chi connectivity index (χ4v) is 1.97. The Bertz CT molecular complexity index is 269. The van der Waals surface area contributed by atoms with Crippen LogP contribution in [0, 0.1) is 0 Å². The van der Waals surface area contributed by atoms with Crippen LogP contribution < -0.4 is 0 Å². The fourth-order valence-electron chi connectivity index (χ4n) is 1.06. The number of hydrogen-bond acceptors (Lipinski definition) is 3. The van der Waals surface area contributed by atoms with E-state index in [9.17, 15) is 4.79 Å². The second kappa shape index (κ2) is 6.49. The number of rotatable bonds is 6. The summed E-state index contributed by atoms with van der Waals surface area (Å²) in [5.74, 6) is 1.33.